The minimum absolute atomic E-state index is 0.276. The highest BCUT2D eigenvalue weighted by Crippen LogP contribution is 2.42. The van der Waals surface area contributed by atoms with Crippen molar-refractivity contribution in [1.29, 1.82) is 0 Å². The molecule has 0 unspecified atom stereocenters. The molecule has 1 aliphatic carbocycles. The second-order valence-corrected chi connectivity index (χ2v) is 6.02. The smallest absolute Gasteiger partial charge is 0.212 e. The fourth-order valence-corrected chi connectivity index (χ4v) is 3.17. The molecule has 1 fully saturated rings. The van der Waals surface area contributed by atoms with E-state index in [1.54, 1.807) is 16.8 Å². The summed E-state index contributed by atoms with van der Waals surface area (Å²) in [5, 5.41) is 10.5. The molecule has 3 aromatic rings. The first kappa shape index (κ1) is 13.3. The van der Waals surface area contributed by atoms with Gasteiger partial charge in [-0.2, -0.15) is 4.68 Å². The molecule has 0 spiro atoms. The summed E-state index contributed by atoms with van der Waals surface area (Å²) in [6.45, 7) is 0. The van der Waals surface area contributed by atoms with Crippen molar-refractivity contribution < 1.29 is 9.18 Å². The van der Waals surface area contributed by atoms with Gasteiger partial charge in [0.25, 0.3) is 0 Å². The molecule has 0 bridgehead atoms. The first-order chi connectivity index (χ1) is 10.8. The van der Waals surface area contributed by atoms with Gasteiger partial charge in [0.1, 0.15) is 11.5 Å². The lowest BCUT2D eigenvalue weighted by Crippen LogP contribution is -2.02. The van der Waals surface area contributed by atoms with Gasteiger partial charge in [-0.05, 0) is 37.1 Å². The van der Waals surface area contributed by atoms with E-state index in [1.807, 2.05) is 5.38 Å². The number of carbonyl (C=O) groups excluding carboxylic acids is 1. The average Bonchev–Trinajstić information content (AvgIpc) is 3.10. The predicted octanol–water partition coefficient (Wildman–Crippen LogP) is 3.22. The molecule has 2 aromatic heterocycles. The van der Waals surface area contributed by atoms with E-state index in [2.05, 4.69) is 15.3 Å². The van der Waals surface area contributed by atoms with Crippen LogP contribution in [0.4, 0.5) is 4.39 Å². The monoisotopic (exact) mass is 314 g/mol. The number of hydrogen-bond acceptors (Lipinski definition) is 5. The molecular weight excluding hydrogens is 303 g/mol. The molecule has 0 aliphatic heterocycles. The highest BCUT2D eigenvalue weighted by atomic mass is 32.1. The Labute approximate surface area is 129 Å². The van der Waals surface area contributed by atoms with Crippen LogP contribution in [0.5, 0.6) is 0 Å². The van der Waals surface area contributed by atoms with Gasteiger partial charge >= 0.3 is 0 Å². The zero-order valence-electron chi connectivity index (χ0n) is 11.4. The van der Waals surface area contributed by atoms with E-state index in [4.69, 9.17) is 0 Å². The van der Waals surface area contributed by atoms with E-state index in [1.165, 1.54) is 23.5 Å². The minimum Gasteiger partial charge on any atom is -0.296 e. The molecule has 0 radical (unpaired) electrons. The fraction of sp³-hybridized carbons (Fsp3) is 0.200. The highest BCUT2D eigenvalue weighted by Gasteiger charge is 2.32. The lowest BCUT2D eigenvalue weighted by molar-refractivity contribution is 0.111. The number of hydrogen-bond donors (Lipinski definition) is 0. The molecule has 0 amide bonds. The predicted molar refractivity (Wildman–Crippen MR) is 79.8 cm³/mol. The van der Waals surface area contributed by atoms with Crippen LogP contribution in [0, 0.1) is 5.82 Å². The third-order valence-electron chi connectivity index (χ3n) is 3.62. The van der Waals surface area contributed by atoms with Crippen LogP contribution in [-0.2, 0) is 0 Å². The average molecular weight is 314 g/mol. The van der Waals surface area contributed by atoms with Crippen LogP contribution >= 0.6 is 11.3 Å². The van der Waals surface area contributed by atoms with E-state index >= 15 is 0 Å². The van der Waals surface area contributed by atoms with E-state index in [9.17, 15) is 9.18 Å². The minimum atomic E-state index is -0.276. The highest BCUT2D eigenvalue weighted by molar-refractivity contribution is 7.12. The molecule has 5 nitrogen and oxygen atoms in total. The summed E-state index contributed by atoms with van der Waals surface area (Å²) >= 11 is 1.42. The molecular formula is C15H11FN4OS. The maximum atomic E-state index is 13.0. The topological polar surface area (TPSA) is 60.7 Å². The van der Waals surface area contributed by atoms with Crippen molar-refractivity contribution in [2.45, 2.75) is 18.8 Å². The van der Waals surface area contributed by atoms with Gasteiger partial charge < -0.3 is 0 Å². The molecule has 1 saturated carbocycles. The molecule has 2 heterocycles. The normalized spacial score (nSPS) is 14.2. The molecule has 0 saturated heterocycles. The Hall–Kier alpha value is -2.41. The Morgan fingerprint density at radius 3 is 2.73 bits per heavy atom. The van der Waals surface area contributed by atoms with Crippen molar-refractivity contribution in [3.05, 3.63) is 46.9 Å². The molecule has 7 heteroatoms. The van der Waals surface area contributed by atoms with Gasteiger partial charge in [0, 0.05) is 16.9 Å². The van der Waals surface area contributed by atoms with Crippen LogP contribution in [-0.4, -0.2) is 26.3 Å². The third-order valence-corrected chi connectivity index (χ3v) is 4.44. The van der Waals surface area contributed by atoms with Gasteiger partial charge in [0.15, 0.2) is 6.29 Å². The number of benzene rings is 1. The quantitative estimate of drug-likeness (QED) is 0.694. The van der Waals surface area contributed by atoms with Crippen molar-refractivity contribution >= 4 is 17.6 Å². The SMILES string of the molecule is O=Cc1nnn(-c2nc(-c3ccc(F)cc3)cs2)c1C1CC1. The molecule has 4 rings (SSSR count). The van der Waals surface area contributed by atoms with Gasteiger partial charge in [0.05, 0.1) is 11.4 Å². The summed E-state index contributed by atoms with van der Waals surface area (Å²) in [4.78, 5) is 15.6. The van der Waals surface area contributed by atoms with Gasteiger partial charge in [-0.3, -0.25) is 4.79 Å². The maximum Gasteiger partial charge on any atom is 0.212 e. The van der Waals surface area contributed by atoms with Crippen LogP contribution < -0.4 is 0 Å². The zero-order chi connectivity index (χ0) is 15.1. The lowest BCUT2D eigenvalue weighted by atomic mass is 10.2. The van der Waals surface area contributed by atoms with Crippen molar-refractivity contribution in [2.24, 2.45) is 0 Å². The van der Waals surface area contributed by atoms with Gasteiger partial charge in [-0.15, -0.1) is 16.4 Å². The standard InChI is InChI=1S/C15H11FN4OS/c16-11-5-3-9(4-6-11)13-8-22-15(17-13)20-14(10-1-2-10)12(7-21)18-19-20/h3-8,10H,1-2H2. The Balaban J connectivity index is 1.74. The summed E-state index contributed by atoms with van der Waals surface area (Å²) in [5.41, 5.74) is 2.83. The summed E-state index contributed by atoms with van der Waals surface area (Å²) in [6, 6.07) is 6.19. The second kappa shape index (κ2) is 5.10. The number of carbonyl (C=O) groups is 1. The number of nitrogens with zero attached hydrogens (tertiary/aromatic N) is 4. The Bertz CT molecular complexity index is 836. The molecule has 0 N–H and O–H groups in total. The summed E-state index contributed by atoms with van der Waals surface area (Å²) in [6.07, 6.45) is 2.83. The van der Waals surface area contributed by atoms with E-state index < -0.39 is 0 Å². The van der Waals surface area contributed by atoms with Crippen LogP contribution in [0.15, 0.2) is 29.6 Å². The van der Waals surface area contributed by atoms with E-state index in [0.717, 1.165) is 36.1 Å². The second-order valence-electron chi connectivity index (χ2n) is 5.19. The number of halogens is 1. The van der Waals surface area contributed by atoms with E-state index in [-0.39, 0.29) is 5.82 Å². The Kier molecular flexibility index (Phi) is 3.07. The van der Waals surface area contributed by atoms with Gasteiger partial charge in [-0.25, -0.2) is 9.37 Å². The molecule has 110 valence electrons. The molecule has 1 aromatic carbocycles. The molecule has 22 heavy (non-hydrogen) atoms. The Morgan fingerprint density at radius 1 is 1.27 bits per heavy atom. The summed E-state index contributed by atoms with van der Waals surface area (Å²) in [5.74, 6) is 0.0653. The third kappa shape index (κ3) is 2.23. The van der Waals surface area contributed by atoms with Gasteiger partial charge in [0.2, 0.25) is 5.13 Å². The van der Waals surface area contributed by atoms with Crippen molar-refractivity contribution in [3.8, 4) is 16.4 Å². The van der Waals surface area contributed by atoms with Crippen LogP contribution in [0.2, 0.25) is 0 Å². The number of aldehydes is 1. The number of aromatic nitrogens is 4. The fourth-order valence-electron chi connectivity index (χ4n) is 2.38. The van der Waals surface area contributed by atoms with Crippen molar-refractivity contribution in [3.63, 3.8) is 0 Å². The van der Waals surface area contributed by atoms with E-state index in [0.29, 0.717) is 16.7 Å². The summed E-state index contributed by atoms with van der Waals surface area (Å²) in [7, 11) is 0. The van der Waals surface area contributed by atoms with Crippen molar-refractivity contribution in [1.82, 2.24) is 20.0 Å². The van der Waals surface area contributed by atoms with Crippen LogP contribution in [0.25, 0.3) is 16.4 Å². The first-order valence-corrected chi connectivity index (χ1v) is 7.77. The van der Waals surface area contributed by atoms with Crippen LogP contribution in [0.1, 0.15) is 34.9 Å². The zero-order valence-corrected chi connectivity index (χ0v) is 12.3. The Morgan fingerprint density at radius 2 is 2.05 bits per heavy atom. The summed E-state index contributed by atoms with van der Waals surface area (Å²) < 4.78 is 14.6. The largest absolute Gasteiger partial charge is 0.296 e. The molecule has 1 aliphatic rings. The lowest BCUT2D eigenvalue weighted by Gasteiger charge is -2.01. The number of rotatable bonds is 4. The van der Waals surface area contributed by atoms with Gasteiger partial charge in [-0.1, -0.05) is 5.21 Å². The number of thiazole rings is 1. The first-order valence-electron chi connectivity index (χ1n) is 6.89. The molecule has 0 atom stereocenters. The van der Waals surface area contributed by atoms with Crippen LogP contribution in [0.3, 0.4) is 0 Å². The maximum absolute atomic E-state index is 13.0. The van der Waals surface area contributed by atoms with Crippen molar-refractivity contribution in [2.75, 3.05) is 0 Å².